The molecule has 0 radical (unpaired) electrons. The van der Waals surface area contributed by atoms with Gasteiger partial charge in [-0.15, -0.1) is 24.8 Å². The Balaban J connectivity index is 0.00000171. The monoisotopic (exact) mass is 540 g/mol. The summed E-state index contributed by atoms with van der Waals surface area (Å²) in [7, 11) is 0. The Morgan fingerprint density at radius 1 is 0.613 bits per heavy atom. The molecule has 0 heterocycles. The van der Waals surface area contributed by atoms with Crippen LogP contribution in [0.1, 0.15) is 105 Å². The topological polar surface area (TPSA) is 0 Å². The average Bonchev–Trinajstić information content (AvgIpc) is 3.39. The summed E-state index contributed by atoms with van der Waals surface area (Å²) in [5, 5.41) is 0. The Hall–Kier alpha value is 0.423. The maximum absolute atomic E-state index is 2.59. The van der Waals surface area contributed by atoms with Crippen molar-refractivity contribution >= 4 is 24.8 Å². The van der Waals surface area contributed by atoms with E-state index in [0.29, 0.717) is 10.8 Å². The largest absolute Gasteiger partial charge is 0.147 e. The molecule has 0 aliphatic heterocycles. The summed E-state index contributed by atoms with van der Waals surface area (Å²) < 4.78 is 3.88. The molecule has 2 saturated carbocycles. The van der Waals surface area contributed by atoms with E-state index in [4.69, 9.17) is 0 Å². The zero-order valence-corrected chi connectivity index (χ0v) is 24.4. The van der Waals surface area contributed by atoms with Crippen LogP contribution in [0.4, 0.5) is 0 Å². The fourth-order valence-electron chi connectivity index (χ4n) is 7.04. The number of halogens is 2. The van der Waals surface area contributed by atoms with E-state index in [1.165, 1.54) is 77.0 Å². The van der Waals surface area contributed by atoms with Gasteiger partial charge in [0.15, 0.2) is 0 Å². The molecule has 0 aromatic carbocycles. The van der Waals surface area contributed by atoms with Gasteiger partial charge in [-0.2, -0.15) is 0 Å². The molecule has 0 spiro atoms. The van der Waals surface area contributed by atoms with Gasteiger partial charge < -0.3 is 0 Å². The molecule has 0 aromatic heterocycles. The van der Waals surface area contributed by atoms with Gasteiger partial charge in [-0.25, -0.2) is 0 Å². The van der Waals surface area contributed by atoms with Gasteiger partial charge in [-0.1, -0.05) is 0 Å². The van der Waals surface area contributed by atoms with E-state index in [0.717, 1.165) is 11.8 Å². The summed E-state index contributed by atoms with van der Waals surface area (Å²) >= 11 is -0.676. The first-order chi connectivity index (χ1) is 14.0. The van der Waals surface area contributed by atoms with Crippen LogP contribution < -0.4 is 0 Å². The van der Waals surface area contributed by atoms with Gasteiger partial charge >= 0.3 is 193 Å². The number of hydrogen-bond acceptors (Lipinski definition) is 0. The molecule has 0 N–H and O–H groups in total. The molecule has 31 heavy (non-hydrogen) atoms. The van der Waals surface area contributed by atoms with Crippen molar-refractivity contribution in [3.8, 4) is 0 Å². The van der Waals surface area contributed by atoms with Crippen molar-refractivity contribution in [2.75, 3.05) is 0 Å². The SMILES string of the molecule is CC(C)C1(C2=[C]([Zr][C]3=C(C4(C(C)C)CCCCC4)C=CC3)CC=C2)CCCCC1.Cl.Cl. The van der Waals surface area contributed by atoms with Gasteiger partial charge in [0.2, 0.25) is 0 Å². The number of allylic oxidation sites excluding steroid dienone is 8. The van der Waals surface area contributed by atoms with Crippen LogP contribution in [0.5, 0.6) is 0 Å². The van der Waals surface area contributed by atoms with Crippen molar-refractivity contribution in [2.45, 2.75) is 105 Å². The van der Waals surface area contributed by atoms with Crippen molar-refractivity contribution in [3.63, 3.8) is 0 Å². The molecule has 3 heteroatoms. The van der Waals surface area contributed by atoms with E-state index >= 15 is 0 Å². The summed E-state index contributed by atoms with van der Waals surface area (Å²) in [6.45, 7) is 10.0. The van der Waals surface area contributed by atoms with E-state index in [2.05, 4.69) is 52.0 Å². The van der Waals surface area contributed by atoms with E-state index < -0.39 is 23.2 Å². The molecule has 174 valence electrons. The molecule has 0 aromatic rings. The van der Waals surface area contributed by atoms with E-state index in [1.54, 1.807) is 0 Å². The van der Waals surface area contributed by atoms with Crippen LogP contribution in [0, 0.1) is 22.7 Å². The van der Waals surface area contributed by atoms with Crippen LogP contribution in [0.2, 0.25) is 0 Å². The smallest absolute Gasteiger partial charge is 0.147 e. The molecule has 0 amide bonds. The van der Waals surface area contributed by atoms with Gasteiger partial charge in [0.05, 0.1) is 0 Å². The molecule has 0 unspecified atom stereocenters. The van der Waals surface area contributed by atoms with Gasteiger partial charge in [-0.3, -0.25) is 0 Å². The maximum Gasteiger partial charge on any atom is -0.147 e. The van der Waals surface area contributed by atoms with Gasteiger partial charge in [0.25, 0.3) is 0 Å². The fraction of sp³-hybridized carbons (Fsp3) is 0.714. The van der Waals surface area contributed by atoms with Crippen molar-refractivity contribution in [1.29, 1.82) is 0 Å². The van der Waals surface area contributed by atoms with E-state index in [9.17, 15) is 0 Å². The second-order valence-electron chi connectivity index (χ2n) is 10.9. The Morgan fingerprint density at radius 3 is 1.29 bits per heavy atom. The normalized spacial score (nSPS) is 24.6. The van der Waals surface area contributed by atoms with Crippen molar-refractivity contribution in [3.05, 3.63) is 42.0 Å². The summed E-state index contributed by atoms with van der Waals surface area (Å²) in [5.74, 6) is 1.57. The molecule has 0 atom stereocenters. The number of hydrogen-bond donors (Lipinski definition) is 0. The molecular formula is C28H44Cl2Zr. The maximum atomic E-state index is 2.59. The first-order valence-electron chi connectivity index (χ1n) is 12.6. The molecule has 0 nitrogen and oxygen atoms in total. The van der Waals surface area contributed by atoms with Crippen LogP contribution in [0.3, 0.4) is 0 Å². The summed E-state index contributed by atoms with van der Waals surface area (Å²) in [6.07, 6.45) is 27.2. The summed E-state index contributed by atoms with van der Waals surface area (Å²) in [4.78, 5) is 0. The number of rotatable bonds is 6. The molecule has 4 rings (SSSR count). The molecule has 4 aliphatic carbocycles. The molecule has 0 bridgehead atoms. The van der Waals surface area contributed by atoms with Crippen LogP contribution in [0.15, 0.2) is 42.0 Å². The molecule has 0 saturated heterocycles. The molecular weight excluding hydrogens is 498 g/mol. The fourth-order valence-corrected chi connectivity index (χ4v) is 11.3. The first kappa shape index (κ1) is 27.7. The zero-order chi connectivity index (χ0) is 20.5. The van der Waals surface area contributed by atoms with Gasteiger partial charge in [0.1, 0.15) is 0 Å². The van der Waals surface area contributed by atoms with Crippen LogP contribution in [-0.4, -0.2) is 0 Å². The second-order valence-corrected chi connectivity index (χ2v) is 14.4. The quantitative estimate of drug-likeness (QED) is 0.313. The third kappa shape index (κ3) is 5.25. The van der Waals surface area contributed by atoms with Crippen LogP contribution >= 0.6 is 24.8 Å². The van der Waals surface area contributed by atoms with Gasteiger partial charge in [0, 0.05) is 0 Å². The Labute approximate surface area is 216 Å². The molecule has 2 fully saturated rings. The second kappa shape index (κ2) is 11.7. The van der Waals surface area contributed by atoms with Crippen molar-refractivity contribution in [2.24, 2.45) is 22.7 Å². The van der Waals surface area contributed by atoms with Crippen LogP contribution in [-0.2, 0) is 23.2 Å². The van der Waals surface area contributed by atoms with Crippen molar-refractivity contribution in [1.82, 2.24) is 0 Å². The van der Waals surface area contributed by atoms with Crippen molar-refractivity contribution < 1.29 is 23.2 Å². The minimum absolute atomic E-state index is 0. The van der Waals surface area contributed by atoms with E-state index in [1.807, 2.05) is 17.7 Å². The Bertz CT molecular complexity index is 664. The standard InChI is InChI=1S/2C14H21.2ClH.Zr/c2*1-12(2)14(10-6-3-7-11-14)13-8-4-5-9-13;;;/h2*4,8,12H,3,5-7,10-11H2,1-2H3;2*1H;. The average molecular weight is 543 g/mol. The Morgan fingerprint density at radius 2 is 0.968 bits per heavy atom. The Kier molecular flexibility index (Phi) is 10.5. The predicted octanol–water partition coefficient (Wildman–Crippen LogP) is 9.55. The summed E-state index contributed by atoms with van der Waals surface area (Å²) in [5.41, 5.74) is 4.66. The zero-order valence-electron chi connectivity index (χ0n) is 20.3. The van der Waals surface area contributed by atoms with Gasteiger partial charge in [-0.05, 0) is 0 Å². The minimum Gasteiger partial charge on any atom is -0.147 e. The summed E-state index contributed by atoms with van der Waals surface area (Å²) in [6, 6.07) is 0. The molecule has 4 aliphatic rings. The minimum atomic E-state index is -0.676. The predicted molar refractivity (Wildman–Crippen MR) is 137 cm³/mol. The van der Waals surface area contributed by atoms with Crippen LogP contribution in [0.25, 0.3) is 0 Å². The third-order valence-electron chi connectivity index (χ3n) is 8.94. The third-order valence-corrected chi connectivity index (χ3v) is 12.8. The first-order valence-corrected chi connectivity index (χ1v) is 15.0. The van der Waals surface area contributed by atoms with E-state index in [-0.39, 0.29) is 24.8 Å².